The van der Waals surface area contributed by atoms with Crippen molar-refractivity contribution in [1.29, 1.82) is 0 Å². The van der Waals surface area contributed by atoms with Gasteiger partial charge in [-0.25, -0.2) is 4.98 Å². The van der Waals surface area contributed by atoms with Crippen molar-refractivity contribution in [3.63, 3.8) is 0 Å². The van der Waals surface area contributed by atoms with Crippen molar-refractivity contribution in [2.45, 2.75) is 0 Å². The predicted octanol–water partition coefficient (Wildman–Crippen LogP) is -0.568. The number of nitrogens with two attached hydrogens (primary N) is 1. The lowest BCUT2D eigenvalue weighted by Crippen LogP contribution is -2.13. The number of nitrogens with zero attached hydrogens (tertiary/aromatic N) is 3. The number of nitrogens with one attached hydrogen (secondary N) is 2. The van der Waals surface area contributed by atoms with Gasteiger partial charge in [-0.2, -0.15) is 10.3 Å². The topological polar surface area (TPSA) is 92.5 Å². The highest BCUT2D eigenvalue weighted by atomic mass is 15.3. The first kappa shape index (κ1) is 8.57. The van der Waals surface area contributed by atoms with Gasteiger partial charge < -0.3 is 0 Å². The van der Waals surface area contributed by atoms with Gasteiger partial charge in [-0.3, -0.25) is 11.3 Å². The third kappa shape index (κ3) is 1.97. The average molecular weight is 166 g/mol. The van der Waals surface area contributed by atoms with Gasteiger partial charge in [0.2, 0.25) is 5.65 Å². The largest absolute Gasteiger partial charge is 0.272 e. The Morgan fingerprint density at radius 2 is 2.25 bits per heavy atom. The number of hydrazine groups is 1. The lowest BCUT2D eigenvalue weighted by Gasteiger charge is -1.77. The van der Waals surface area contributed by atoms with Crippen LogP contribution in [0.1, 0.15) is 0 Å². The Kier molecular flexibility index (Phi) is 3.12. The first-order chi connectivity index (χ1) is 5.88. The molecule has 0 aliphatic rings. The quantitative estimate of drug-likeness (QED) is 0.360. The summed E-state index contributed by atoms with van der Waals surface area (Å²) in [5.74, 6) is 4.60. The Hall–Kier alpha value is -1.53. The molecule has 0 spiro atoms. The van der Waals surface area contributed by atoms with Crippen molar-refractivity contribution >= 4 is 11.2 Å². The molecule has 0 saturated heterocycles. The summed E-state index contributed by atoms with van der Waals surface area (Å²) in [5.41, 5.74) is 3.72. The molecule has 0 unspecified atom stereocenters. The van der Waals surface area contributed by atoms with E-state index in [2.05, 4.69) is 31.7 Å². The first-order valence-corrected chi connectivity index (χ1v) is 3.37. The zero-order valence-corrected chi connectivity index (χ0v) is 6.65. The van der Waals surface area contributed by atoms with E-state index in [1.807, 2.05) is 12.1 Å². The van der Waals surface area contributed by atoms with Crippen molar-refractivity contribution < 1.29 is 0 Å². The molecule has 0 aliphatic carbocycles. The van der Waals surface area contributed by atoms with E-state index >= 15 is 0 Å². The fourth-order valence-corrected chi connectivity index (χ4v) is 0.688. The van der Waals surface area contributed by atoms with Gasteiger partial charge in [-0.15, -0.1) is 5.10 Å². The monoisotopic (exact) mass is 166 g/mol. The molecule has 0 amide bonds. The minimum absolute atomic E-state index is 0.664. The van der Waals surface area contributed by atoms with E-state index in [1.54, 1.807) is 13.2 Å². The van der Waals surface area contributed by atoms with Crippen LogP contribution in [0, 0.1) is 0 Å². The zero-order chi connectivity index (χ0) is 8.81. The molecule has 6 heteroatoms. The van der Waals surface area contributed by atoms with Gasteiger partial charge in [0.25, 0.3) is 0 Å². The molecule has 0 saturated carbocycles. The molecule has 0 radical (unpaired) electrons. The minimum Gasteiger partial charge on any atom is -0.272 e. The van der Waals surface area contributed by atoms with Gasteiger partial charge in [0.05, 0.1) is 0 Å². The Bertz CT molecular complexity index is 299. The van der Waals surface area contributed by atoms with Crippen LogP contribution in [0.4, 0.5) is 0 Å². The minimum atomic E-state index is 0.664. The second-order valence-electron chi connectivity index (χ2n) is 1.96. The molecule has 2 heterocycles. The Labute approximate surface area is 69.1 Å². The van der Waals surface area contributed by atoms with E-state index in [0.29, 0.717) is 5.65 Å². The van der Waals surface area contributed by atoms with Crippen molar-refractivity contribution in [1.82, 2.24) is 25.8 Å². The van der Waals surface area contributed by atoms with Gasteiger partial charge in [0.1, 0.15) is 5.52 Å². The van der Waals surface area contributed by atoms with Gasteiger partial charge in [0, 0.05) is 6.20 Å². The molecule has 2 aromatic rings. The third-order valence-corrected chi connectivity index (χ3v) is 1.09. The molecular weight excluding hydrogens is 156 g/mol. The number of H-pyrrole nitrogens is 1. The van der Waals surface area contributed by atoms with Gasteiger partial charge >= 0.3 is 0 Å². The molecule has 0 bridgehead atoms. The van der Waals surface area contributed by atoms with E-state index < -0.39 is 0 Å². The normalized spacial score (nSPS) is 9.17. The summed E-state index contributed by atoms with van der Waals surface area (Å²) < 4.78 is 0. The summed E-state index contributed by atoms with van der Waals surface area (Å²) >= 11 is 0. The Morgan fingerprint density at radius 1 is 1.50 bits per heavy atom. The number of rotatable bonds is 0. The SMILES string of the molecule is CNN.c1cnc2n[nH]nc2c1. The van der Waals surface area contributed by atoms with E-state index in [4.69, 9.17) is 0 Å². The lowest BCUT2D eigenvalue weighted by molar-refractivity contribution is 0.900. The fourth-order valence-electron chi connectivity index (χ4n) is 0.688. The van der Waals surface area contributed by atoms with Crippen molar-refractivity contribution in [2.24, 2.45) is 5.84 Å². The highest BCUT2D eigenvalue weighted by Gasteiger charge is 1.92. The average Bonchev–Trinajstić information content (AvgIpc) is 2.52. The molecule has 0 fully saturated rings. The van der Waals surface area contributed by atoms with Crippen LogP contribution in [0.2, 0.25) is 0 Å². The maximum absolute atomic E-state index is 4.60. The Morgan fingerprint density at radius 3 is 2.92 bits per heavy atom. The van der Waals surface area contributed by atoms with Crippen LogP contribution in [0.25, 0.3) is 11.2 Å². The van der Waals surface area contributed by atoms with Crippen LogP contribution in [0.5, 0.6) is 0 Å². The number of hydrogen-bond acceptors (Lipinski definition) is 5. The lowest BCUT2D eigenvalue weighted by atomic mass is 10.4. The first-order valence-electron chi connectivity index (χ1n) is 3.37. The maximum Gasteiger partial charge on any atom is 0.201 e. The van der Waals surface area contributed by atoms with Gasteiger partial charge in [-0.05, 0) is 19.2 Å². The number of fused-ring (bicyclic) bond motifs is 1. The van der Waals surface area contributed by atoms with E-state index in [0.717, 1.165) is 5.52 Å². The van der Waals surface area contributed by atoms with Crippen LogP contribution < -0.4 is 11.3 Å². The van der Waals surface area contributed by atoms with Gasteiger partial charge in [0.15, 0.2) is 0 Å². The second-order valence-corrected chi connectivity index (χ2v) is 1.96. The summed E-state index contributed by atoms with van der Waals surface area (Å²) in [4.78, 5) is 3.94. The molecule has 2 aromatic heterocycles. The summed E-state index contributed by atoms with van der Waals surface area (Å²) in [6.07, 6.45) is 1.69. The molecular formula is C6H10N6. The van der Waals surface area contributed by atoms with Crippen LogP contribution >= 0.6 is 0 Å². The van der Waals surface area contributed by atoms with Crippen LogP contribution in [-0.4, -0.2) is 27.4 Å². The van der Waals surface area contributed by atoms with Crippen molar-refractivity contribution in [2.75, 3.05) is 7.05 Å². The third-order valence-electron chi connectivity index (χ3n) is 1.09. The molecule has 2 rings (SSSR count). The smallest absolute Gasteiger partial charge is 0.201 e. The number of aromatic nitrogens is 4. The molecule has 12 heavy (non-hydrogen) atoms. The number of aromatic amines is 1. The summed E-state index contributed by atoms with van der Waals surface area (Å²) in [6.45, 7) is 0. The van der Waals surface area contributed by atoms with Crippen LogP contribution in [0.3, 0.4) is 0 Å². The van der Waals surface area contributed by atoms with Crippen LogP contribution in [-0.2, 0) is 0 Å². The maximum atomic E-state index is 4.60. The van der Waals surface area contributed by atoms with Crippen molar-refractivity contribution in [3.05, 3.63) is 18.3 Å². The fraction of sp³-hybridized carbons (Fsp3) is 0.167. The van der Waals surface area contributed by atoms with Gasteiger partial charge in [-0.1, -0.05) is 0 Å². The van der Waals surface area contributed by atoms with E-state index in [1.165, 1.54) is 0 Å². The summed E-state index contributed by atoms with van der Waals surface area (Å²) in [7, 11) is 1.65. The summed E-state index contributed by atoms with van der Waals surface area (Å²) in [5, 5.41) is 10.1. The molecule has 4 N–H and O–H groups in total. The molecule has 0 aliphatic heterocycles. The Balaban J connectivity index is 0.000000213. The standard InChI is InChI=1S/C5H4N4.CH6N2/c1-2-4-5(6-3-1)8-9-7-4;1-3-2/h1-3H,(H,6,7,8,9);3H,2H2,1H3. The zero-order valence-electron chi connectivity index (χ0n) is 6.65. The highest BCUT2D eigenvalue weighted by molar-refractivity contribution is 5.67. The molecule has 0 atom stereocenters. The predicted molar refractivity (Wildman–Crippen MR) is 44.9 cm³/mol. The summed E-state index contributed by atoms with van der Waals surface area (Å²) in [6, 6.07) is 3.68. The number of hydrogen-bond donors (Lipinski definition) is 3. The molecule has 0 aromatic carbocycles. The van der Waals surface area contributed by atoms with E-state index in [-0.39, 0.29) is 0 Å². The molecule has 64 valence electrons. The van der Waals surface area contributed by atoms with Crippen molar-refractivity contribution in [3.8, 4) is 0 Å². The highest BCUT2D eigenvalue weighted by Crippen LogP contribution is 1.99. The number of pyridine rings is 1. The van der Waals surface area contributed by atoms with E-state index in [9.17, 15) is 0 Å². The van der Waals surface area contributed by atoms with Crippen LogP contribution in [0.15, 0.2) is 18.3 Å². The second kappa shape index (κ2) is 4.37. The molecule has 6 nitrogen and oxygen atoms in total.